The molecule has 3 nitrogen and oxygen atoms in total. The Morgan fingerprint density at radius 1 is 0.906 bits per heavy atom. The summed E-state index contributed by atoms with van der Waals surface area (Å²) in [5.41, 5.74) is 4.43. The SMILES string of the molecule is CC(C)(C)CC(=O)N1CCC(CCN2CCCC(c3ccccc3)c3ccccc32)CC1. The number of carbonyl (C=O) groups is 1. The zero-order chi connectivity index (χ0) is 22.6. The molecule has 2 aliphatic heterocycles. The van der Waals surface area contributed by atoms with E-state index < -0.39 is 0 Å². The maximum atomic E-state index is 12.6. The Morgan fingerprint density at radius 2 is 1.59 bits per heavy atom. The summed E-state index contributed by atoms with van der Waals surface area (Å²) in [6, 6.07) is 20.1. The van der Waals surface area contributed by atoms with E-state index in [1.54, 1.807) is 0 Å². The van der Waals surface area contributed by atoms with Gasteiger partial charge >= 0.3 is 0 Å². The first-order valence-corrected chi connectivity index (χ1v) is 12.6. The average molecular weight is 433 g/mol. The van der Waals surface area contributed by atoms with Crippen LogP contribution < -0.4 is 4.90 Å². The van der Waals surface area contributed by atoms with Gasteiger partial charge in [-0.3, -0.25) is 4.79 Å². The third-order valence-corrected chi connectivity index (χ3v) is 7.23. The molecule has 0 saturated carbocycles. The van der Waals surface area contributed by atoms with Crippen molar-refractivity contribution in [1.29, 1.82) is 0 Å². The van der Waals surface area contributed by atoms with E-state index in [2.05, 4.69) is 85.2 Å². The molecule has 1 unspecified atom stereocenters. The van der Waals surface area contributed by atoms with Crippen molar-refractivity contribution < 1.29 is 4.79 Å². The predicted molar refractivity (Wildman–Crippen MR) is 134 cm³/mol. The number of benzene rings is 2. The van der Waals surface area contributed by atoms with Gasteiger partial charge in [0.15, 0.2) is 0 Å². The van der Waals surface area contributed by atoms with E-state index >= 15 is 0 Å². The van der Waals surface area contributed by atoms with Gasteiger partial charge < -0.3 is 9.80 Å². The number of piperidine rings is 1. The van der Waals surface area contributed by atoms with Crippen LogP contribution in [0.3, 0.4) is 0 Å². The Hall–Kier alpha value is -2.29. The van der Waals surface area contributed by atoms with E-state index in [1.165, 1.54) is 36.1 Å². The van der Waals surface area contributed by atoms with Crippen LogP contribution in [0.15, 0.2) is 54.6 Å². The first-order chi connectivity index (χ1) is 15.4. The van der Waals surface area contributed by atoms with Crippen LogP contribution >= 0.6 is 0 Å². The van der Waals surface area contributed by atoms with Gasteiger partial charge in [0.25, 0.3) is 0 Å². The molecule has 3 heteroatoms. The quantitative estimate of drug-likeness (QED) is 0.539. The van der Waals surface area contributed by atoms with Gasteiger partial charge in [-0.05, 0) is 60.6 Å². The maximum absolute atomic E-state index is 12.6. The lowest BCUT2D eigenvalue weighted by Crippen LogP contribution is -2.40. The Labute approximate surface area is 194 Å². The third kappa shape index (κ3) is 5.74. The molecule has 1 amide bonds. The second-order valence-corrected chi connectivity index (χ2v) is 11.0. The Kier molecular flexibility index (Phi) is 7.23. The lowest BCUT2D eigenvalue weighted by Gasteiger charge is -2.35. The predicted octanol–water partition coefficient (Wildman–Crippen LogP) is 6.48. The molecule has 0 radical (unpaired) electrons. The fourth-order valence-electron chi connectivity index (χ4n) is 5.47. The summed E-state index contributed by atoms with van der Waals surface area (Å²) in [6.45, 7) is 10.6. The summed E-state index contributed by atoms with van der Waals surface area (Å²) in [5.74, 6) is 1.56. The lowest BCUT2D eigenvalue weighted by molar-refractivity contribution is -0.134. The van der Waals surface area contributed by atoms with Crippen LogP contribution in [0.2, 0.25) is 0 Å². The summed E-state index contributed by atoms with van der Waals surface area (Å²) in [5, 5.41) is 0. The van der Waals surface area contributed by atoms with Crippen molar-refractivity contribution in [3.05, 3.63) is 65.7 Å². The van der Waals surface area contributed by atoms with Gasteiger partial charge in [-0.25, -0.2) is 0 Å². The summed E-state index contributed by atoms with van der Waals surface area (Å²) >= 11 is 0. The highest BCUT2D eigenvalue weighted by Crippen LogP contribution is 2.39. The molecule has 0 bridgehead atoms. The van der Waals surface area contributed by atoms with Gasteiger partial charge in [-0.15, -0.1) is 0 Å². The highest BCUT2D eigenvalue weighted by atomic mass is 16.2. The van der Waals surface area contributed by atoms with Gasteiger partial charge in [0.1, 0.15) is 0 Å². The van der Waals surface area contributed by atoms with Crippen LogP contribution in [0.1, 0.15) is 76.3 Å². The van der Waals surface area contributed by atoms with Crippen molar-refractivity contribution in [2.75, 3.05) is 31.1 Å². The van der Waals surface area contributed by atoms with Crippen LogP contribution in [-0.4, -0.2) is 37.0 Å². The van der Waals surface area contributed by atoms with E-state index in [9.17, 15) is 4.79 Å². The number of hydrogen-bond donors (Lipinski definition) is 0. The number of anilines is 1. The molecule has 1 fully saturated rings. The highest BCUT2D eigenvalue weighted by molar-refractivity contribution is 5.76. The third-order valence-electron chi connectivity index (χ3n) is 7.23. The van der Waals surface area contributed by atoms with Crippen LogP contribution in [0.25, 0.3) is 0 Å². The van der Waals surface area contributed by atoms with Gasteiger partial charge in [0, 0.05) is 44.2 Å². The average Bonchev–Trinajstić information content (AvgIpc) is 2.97. The molecule has 32 heavy (non-hydrogen) atoms. The second kappa shape index (κ2) is 10.1. The first kappa shape index (κ1) is 22.9. The van der Waals surface area contributed by atoms with Crippen LogP contribution in [-0.2, 0) is 4.79 Å². The minimum absolute atomic E-state index is 0.0751. The molecule has 1 saturated heterocycles. The molecule has 4 rings (SSSR count). The van der Waals surface area contributed by atoms with Crippen LogP contribution in [0.5, 0.6) is 0 Å². The Morgan fingerprint density at radius 3 is 2.31 bits per heavy atom. The van der Waals surface area contributed by atoms with E-state index in [0.717, 1.165) is 44.9 Å². The fourth-order valence-corrected chi connectivity index (χ4v) is 5.47. The molecule has 0 aliphatic carbocycles. The topological polar surface area (TPSA) is 23.6 Å². The highest BCUT2D eigenvalue weighted by Gasteiger charge is 2.27. The van der Waals surface area contributed by atoms with E-state index in [1.807, 2.05) is 0 Å². The number of para-hydroxylation sites is 1. The molecule has 2 aliphatic rings. The summed E-state index contributed by atoms with van der Waals surface area (Å²) in [7, 11) is 0. The molecule has 2 aromatic carbocycles. The van der Waals surface area contributed by atoms with Crippen LogP contribution in [0.4, 0.5) is 5.69 Å². The van der Waals surface area contributed by atoms with Gasteiger partial charge in [-0.2, -0.15) is 0 Å². The van der Waals surface area contributed by atoms with E-state index in [0.29, 0.717) is 18.2 Å². The zero-order valence-electron chi connectivity index (χ0n) is 20.2. The molecule has 0 aromatic heterocycles. The Balaban J connectivity index is 1.36. The minimum atomic E-state index is 0.0751. The fraction of sp³-hybridized carbons (Fsp3) is 0.552. The van der Waals surface area contributed by atoms with Crippen molar-refractivity contribution in [3.63, 3.8) is 0 Å². The normalized spacial score (nSPS) is 20.0. The first-order valence-electron chi connectivity index (χ1n) is 12.6. The molecular weight excluding hydrogens is 392 g/mol. The number of amides is 1. The number of likely N-dealkylation sites (tertiary alicyclic amines) is 1. The number of carbonyl (C=O) groups excluding carboxylic acids is 1. The van der Waals surface area contributed by atoms with E-state index in [-0.39, 0.29) is 5.41 Å². The van der Waals surface area contributed by atoms with Crippen molar-refractivity contribution in [2.45, 2.75) is 65.2 Å². The molecule has 2 heterocycles. The van der Waals surface area contributed by atoms with E-state index in [4.69, 9.17) is 0 Å². The zero-order valence-corrected chi connectivity index (χ0v) is 20.2. The summed E-state index contributed by atoms with van der Waals surface area (Å²) < 4.78 is 0. The number of hydrogen-bond acceptors (Lipinski definition) is 2. The molecular formula is C29H40N2O. The largest absolute Gasteiger partial charge is 0.371 e. The van der Waals surface area contributed by atoms with Gasteiger partial charge in [-0.1, -0.05) is 69.3 Å². The summed E-state index contributed by atoms with van der Waals surface area (Å²) in [4.78, 5) is 17.3. The molecule has 172 valence electrons. The number of nitrogens with zero attached hydrogens (tertiary/aromatic N) is 2. The minimum Gasteiger partial charge on any atom is -0.371 e. The van der Waals surface area contributed by atoms with Crippen molar-refractivity contribution in [2.24, 2.45) is 11.3 Å². The molecule has 2 aromatic rings. The monoisotopic (exact) mass is 432 g/mol. The van der Waals surface area contributed by atoms with Crippen molar-refractivity contribution >= 4 is 11.6 Å². The molecule has 1 atom stereocenters. The molecule has 0 N–H and O–H groups in total. The van der Waals surface area contributed by atoms with Gasteiger partial charge in [0.2, 0.25) is 5.91 Å². The number of rotatable bonds is 5. The lowest BCUT2D eigenvalue weighted by atomic mass is 9.87. The number of fused-ring (bicyclic) bond motifs is 1. The standard InChI is InChI=1S/C29H40N2O/c1-29(2,3)22-28(32)31-20-16-23(17-21-31)15-19-30-18-9-13-25(24-10-5-4-6-11-24)26-12-7-8-14-27(26)30/h4-8,10-12,14,23,25H,9,13,15-22H2,1-3H3. The van der Waals surface area contributed by atoms with Crippen LogP contribution in [0, 0.1) is 11.3 Å². The Bertz CT molecular complexity index is 878. The molecule has 0 spiro atoms. The van der Waals surface area contributed by atoms with Crippen molar-refractivity contribution in [1.82, 2.24) is 4.90 Å². The maximum Gasteiger partial charge on any atom is 0.223 e. The van der Waals surface area contributed by atoms with Crippen molar-refractivity contribution in [3.8, 4) is 0 Å². The second-order valence-electron chi connectivity index (χ2n) is 11.0. The smallest absolute Gasteiger partial charge is 0.223 e. The van der Waals surface area contributed by atoms with Gasteiger partial charge in [0.05, 0.1) is 0 Å². The summed E-state index contributed by atoms with van der Waals surface area (Å²) in [6.07, 6.45) is 6.63.